The van der Waals surface area contributed by atoms with E-state index in [4.69, 9.17) is 4.74 Å². The zero-order valence-electron chi connectivity index (χ0n) is 12.1. The average molecular weight is 281 g/mol. The van der Waals surface area contributed by atoms with Gasteiger partial charge in [0.2, 0.25) is 5.78 Å². The Labute approximate surface area is 122 Å². The molecule has 106 valence electrons. The van der Waals surface area contributed by atoms with E-state index in [1.54, 1.807) is 30.0 Å². The molecule has 0 saturated heterocycles. The summed E-state index contributed by atoms with van der Waals surface area (Å²) < 4.78 is 7.12. The summed E-state index contributed by atoms with van der Waals surface area (Å²) in [5.74, 6) is 1.19. The highest BCUT2D eigenvalue weighted by Crippen LogP contribution is 2.33. The van der Waals surface area contributed by atoms with Gasteiger partial charge in [-0.2, -0.15) is 0 Å². The molecule has 2 heterocycles. The van der Waals surface area contributed by atoms with Crippen LogP contribution in [-0.2, 0) is 0 Å². The standard InChI is InChI=1S/C16H15N3O2/c1-10-7-12(14(21-3)8-11(10)2)15-13(9-20)19-6-4-5-17-16(19)18-15/h4-9H,1-3H3. The van der Waals surface area contributed by atoms with Gasteiger partial charge in [-0.05, 0) is 43.2 Å². The Hall–Kier alpha value is -2.69. The highest BCUT2D eigenvalue weighted by molar-refractivity contribution is 5.87. The van der Waals surface area contributed by atoms with E-state index < -0.39 is 0 Å². The second-order valence-electron chi connectivity index (χ2n) is 4.89. The van der Waals surface area contributed by atoms with Crippen LogP contribution >= 0.6 is 0 Å². The Morgan fingerprint density at radius 2 is 2.00 bits per heavy atom. The molecule has 0 atom stereocenters. The number of nitrogens with zero attached hydrogens (tertiary/aromatic N) is 3. The van der Waals surface area contributed by atoms with Gasteiger partial charge in [-0.15, -0.1) is 0 Å². The van der Waals surface area contributed by atoms with Crippen LogP contribution in [-0.4, -0.2) is 27.8 Å². The van der Waals surface area contributed by atoms with Crippen LogP contribution in [0.5, 0.6) is 5.75 Å². The summed E-state index contributed by atoms with van der Waals surface area (Å²) in [5, 5.41) is 0. The topological polar surface area (TPSA) is 56.5 Å². The van der Waals surface area contributed by atoms with Gasteiger partial charge in [-0.3, -0.25) is 9.20 Å². The molecule has 3 aromatic rings. The first kappa shape index (κ1) is 13.3. The molecule has 5 heteroatoms. The van der Waals surface area contributed by atoms with Gasteiger partial charge in [0.05, 0.1) is 7.11 Å². The van der Waals surface area contributed by atoms with Crippen LogP contribution in [0.4, 0.5) is 0 Å². The number of imidazole rings is 1. The van der Waals surface area contributed by atoms with E-state index in [-0.39, 0.29) is 0 Å². The van der Waals surface area contributed by atoms with Crippen molar-refractivity contribution < 1.29 is 9.53 Å². The lowest BCUT2D eigenvalue weighted by Gasteiger charge is -2.10. The average Bonchev–Trinajstić information content (AvgIpc) is 2.87. The lowest BCUT2D eigenvalue weighted by molar-refractivity contribution is 0.111. The third-order valence-corrected chi connectivity index (χ3v) is 3.62. The number of hydrogen-bond donors (Lipinski definition) is 0. The first-order valence-electron chi connectivity index (χ1n) is 6.59. The molecule has 0 N–H and O–H groups in total. The van der Waals surface area contributed by atoms with E-state index in [1.165, 1.54) is 0 Å². The molecule has 0 aliphatic rings. The van der Waals surface area contributed by atoms with Gasteiger partial charge in [0, 0.05) is 18.0 Å². The molecular weight excluding hydrogens is 266 g/mol. The Morgan fingerprint density at radius 1 is 1.24 bits per heavy atom. The van der Waals surface area contributed by atoms with Crippen molar-refractivity contribution in [2.24, 2.45) is 0 Å². The molecule has 0 amide bonds. The van der Waals surface area contributed by atoms with Crippen molar-refractivity contribution in [2.45, 2.75) is 13.8 Å². The smallest absolute Gasteiger partial charge is 0.234 e. The molecular formula is C16H15N3O2. The Kier molecular flexibility index (Phi) is 3.17. The van der Waals surface area contributed by atoms with E-state index in [0.29, 0.717) is 22.9 Å². The number of methoxy groups -OCH3 is 1. The lowest BCUT2D eigenvalue weighted by Crippen LogP contribution is -1.96. The number of rotatable bonds is 3. The predicted molar refractivity (Wildman–Crippen MR) is 79.8 cm³/mol. The third-order valence-electron chi connectivity index (χ3n) is 3.62. The number of fused-ring (bicyclic) bond motifs is 1. The maximum Gasteiger partial charge on any atom is 0.234 e. The van der Waals surface area contributed by atoms with Crippen LogP contribution in [0.15, 0.2) is 30.6 Å². The van der Waals surface area contributed by atoms with Gasteiger partial charge in [0.1, 0.15) is 17.1 Å². The van der Waals surface area contributed by atoms with Crippen molar-refractivity contribution >= 4 is 12.1 Å². The Bertz CT molecular complexity index is 837. The van der Waals surface area contributed by atoms with Crippen LogP contribution in [0.25, 0.3) is 17.0 Å². The molecule has 0 aliphatic heterocycles. The fraction of sp³-hybridized carbons (Fsp3) is 0.188. The maximum absolute atomic E-state index is 11.5. The van der Waals surface area contributed by atoms with Crippen LogP contribution in [0.1, 0.15) is 21.6 Å². The lowest BCUT2D eigenvalue weighted by atomic mass is 10.0. The highest BCUT2D eigenvalue weighted by Gasteiger charge is 2.18. The normalized spacial score (nSPS) is 10.8. The largest absolute Gasteiger partial charge is 0.496 e. The van der Waals surface area contributed by atoms with E-state index >= 15 is 0 Å². The number of carbonyl (C=O) groups excluding carboxylic acids is 1. The van der Waals surface area contributed by atoms with Gasteiger partial charge >= 0.3 is 0 Å². The van der Waals surface area contributed by atoms with Crippen LogP contribution in [0.3, 0.4) is 0 Å². The van der Waals surface area contributed by atoms with Gasteiger partial charge in [0.15, 0.2) is 6.29 Å². The van der Waals surface area contributed by atoms with Crippen molar-refractivity contribution in [1.29, 1.82) is 0 Å². The molecule has 3 rings (SSSR count). The minimum Gasteiger partial charge on any atom is -0.496 e. The second-order valence-corrected chi connectivity index (χ2v) is 4.89. The molecule has 0 fully saturated rings. The summed E-state index contributed by atoms with van der Waals surface area (Å²) in [7, 11) is 1.61. The van der Waals surface area contributed by atoms with Crippen LogP contribution in [0, 0.1) is 13.8 Å². The minimum atomic E-state index is 0.472. The molecule has 1 aromatic carbocycles. The molecule has 2 aromatic heterocycles. The monoisotopic (exact) mass is 281 g/mol. The van der Waals surface area contributed by atoms with Crippen molar-refractivity contribution in [1.82, 2.24) is 14.4 Å². The maximum atomic E-state index is 11.5. The first-order valence-corrected chi connectivity index (χ1v) is 6.59. The Balaban J connectivity index is 2.35. The molecule has 0 bridgehead atoms. The summed E-state index contributed by atoms with van der Waals surface area (Å²) in [6.45, 7) is 4.04. The summed E-state index contributed by atoms with van der Waals surface area (Å²) in [6.07, 6.45) is 4.22. The number of aryl methyl sites for hydroxylation is 2. The summed E-state index contributed by atoms with van der Waals surface area (Å²) >= 11 is 0. The number of benzene rings is 1. The molecule has 0 unspecified atom stereocenters. The van der Waals surface area contributed by atoms with E-state index in [0.717, 1.165) is 23.0 Å². The SMILES string of the molecule is COc1cc(C)c(C)cc1-c1nc2ncccn2c1C=O. The van der Waals surface area contributed by atoms with Crippen molar-refractivity contribution in [2.75, 3.05) is 7.11 Å². The molecule has 0 aliphatic carbocycles. The highest BCUT2D eigenvalue weighted by atomic mass is 16.5. The molecule has 0 spiro atoms. The second kappa shape index (κ2) is 5.01. The van der Waals surface area contributed by atoms with Crippen molar-refractivity contribution in [3.63, 3.8) is 0 Å². The zero-order chi connectivity index (χ0) is 15.0. The quantitative estimate of drug-likeness (QED) is 0.693. The fourth-order valence-corrected chi connectivity index (χ4v) is 2.36. The van der Waals surface area contributed by atoms with Gasteiger partial charge in [0.25, 0.3) is 0 Å². The van der Waals surface area contributed by atoms with Crippen LogP contribution < -0.4 is 4.74 Å². The van der Waals surface area contributed by atoms with Crippen molar-refractivity contribution in [3.8, 4) is 17.0 Å². The number of ether oxygens (including phenoxy) is 1. The van der Waals surface area contributed by atoms with Gasteiger partial charge in [-0.1, -0.05) is 0 Å². The van der Waals surface area contributed by atoms with E-state index in [9.17, 15) is 4.79 Å². The minimum absolute atomic E-state index is 0.472. The van der Waals surface area contributed by atoms with Crippen LogP contribution in [0.2, 0.25) is 0 Å². The van der Waals surface area contributed by atoms with E-state index in [2.05, 4.69) is 9.97 Å². The summed E-state index contributed by atoms with van der Waals surface area (Å²) in [4.78, 5) is 20.2. The number of hydrogen-bond acceptors (Lipinski definition) is 4. The first-order chi connectivity index (χ1) is 10.2. The summed E-state index contributed by atoms with van der Waals surface area (Å²) in [5.41, 5.74) is 4.11. The summed E-state index contributed by atoms with van der Waals surface area (Å²) in [6, 6.07) is 5.71. The number of carbonyl (C=O) groups is 1. The van der Waals surface area contributed by atoms with Gasteiger partial charge in [-0.25, -0.2) is 9.97 Å². The predicted octanol–water partition coefficient (Wildman–Crippen LogP) is 2.83. The van der Waals surface area contributed by atoms with Gasteiger partial charge < -0.3 is 4.74 Å². The number of aldehydes is 1. The molecule has 0 radical (unpaired) electrons. The fourth-order valence-electron chi connectivity index (χ4n) is 2.36. The van der Waals surface area contributed by atoms with Crippen molar-refractivity contribution in [3.05, 3.63) is 47.4 Å². The molecule has 21 heavy (non-hydrogen) atoms. The third kappa shape index (κ3) is 2.07. The molecule has 0 saturated carbocycles. The van der Waals surface area contributed by atoms with E-state index in [1.807, 2.05) is 26.0 Å². The Morgan fingerprint density at radius 3 is 2.71 bits per heavy atom. The number of aromatic nitrogens is 3. The molecule has 5 nitrogen and oxygen atoms in total. The zero-order valence-corrected chi connectivity index (χ0v) is 12.1.